The predicted molar refractivity (Wildman–Crippen MR) is 75.3 cm³/mol. The molecule has 1 amide bonds. The molecule has 1 unspecified atom stereocenters. The Balaban J connectivity index is 1.61. The quantitative estimate of drug-likeness (QED) is 0.869. The Kier molecular flexibility index (Phi) is 3.47. The Morgan fingerprint density at radius 1 is 1.48 bits per heavy atom. The SMILES string of the molecule is Cc1ccc(OC2CCN(C(=O)c3c[nH]c(=O)[nH]3)C2)nc1. The number of likely N-dealkylation sites (tertiary alicyclic amines) is 1. The first-order chi connectivity index (χ1) is 10.1. The number of H-pyrrole nitrogens is 2. The second-order valence-corrected chi connectivity index (χ2v) is 5.11. The molecule has 1 aliphatic heterocycles. The van der Waals surface area contributed by atoms with Crippen molar-refractivity contribution in [3.8, 4) is 5.88 Å². The van der Waals surface area contributed by atoms with E-state index in [2.05, 4.69) is 15.0 Å². The van der Waals surface area contributed by atoms with Crippen LogP contribution in [-0.2, 0) is 0 Å². The third-order valence-electron chi connectivity index (χ3n) is 3.43. The molecule has 1 fully saturated rings. The number of ether oxygens (including phenoxy) is 1. The highest BCUT2D eigenvalue weighted by Crippen LogP contribution is 2.18. The van der Waals surface area contributed by atoms with Crippen LogP contribution in [0.25, 0.3) is 0 Å². The number of imidazole rings is 1. The molecule has 0 saturated carbocycles. The molecule has 0 aliphatic carbocycles. The molecule has 3 heterocycles. The van der Waals surface area contributed by atoms with E-state index >= 15 is 0 Å². The molecule has 0 radical (unpaired) electrons. The number of rotatable bonds is 3. The highest BCUT2D eigenvalue weighted by Gasteiger charge is 2.29. The van der Waals surface area contributed by atoms with Gasteiger partial charge >= 0.3 is 5.69 Å². The summed E-state index contributed by atoms with van der Waals surface area (Å²) in [7, 11) is 0. The average Bonchev–Trinajstić information content (AvgIpc) is 3.10. The lowest BCUT2D eigenvalue weighted by Crippen LogP contribution is -2.31. The summed E-state index contributed by atoms with van der Waals surface area (Å²) in [6, 6.07) is 3.76. The maximum Gasteiger partial charge on any atom is 0.323 e. The number of nitrogens with zero attached hydrogens (tertiary/aromatic N) is 2. The molecular weight excluding hydrogens is 272 g/mol. The number of carbonyl (C=O) groups is 1. The largest absolute Gasteiger partial charge is 0.472 e. The highest BCUT2D eigenvalue weighted by molar-refractivity contribution is 5.92. The topological polar surface area (TPSA) is 91.1 Å². The monoisotopic (exact) mass is 288 g/mol. The van der Waals surface area contributed by atoms with Gasteiger partial charge in [0, 0.05) is 31.4 Å². The van der Waals surface area contributed by atoms with E-state index in [-0.39, 0.29) is 23.4 Å². The molecule has 0 bridgehead atoms. The first-order valence-electron chi connectivity index (χ1n) is 6.78. The van der Waals surface area contributed by atoms with Crippen LogP contribution in [0.15, 0.2) is 29.3 Å². The third-order valence-corrected chi connectivity index (χ3v) is 3.43. The molecule has 1 atom stereocenters. The van der Waals surface area contributed by atoms with Crippen LogP contribution < -0.4 is 10.4 Å². The van der Waals surface area contributed by atoms with E-state index in [1.807, 2.05) is 19.1 Å². The molecule has 21 heavy (non-hydrogen) atoms. The second kappa shape index (κ2) is 5.43. The molecule has 2 N–H and O–H groups in total. The molecule has 1 saturated heterocycles. The van der Waals surface area contributed by atoms with Gasteiger partial charge in [0.05, 0.1) is 6.54 Å². The van der Waals surface area contributed by atoms with Crippen LogP contribution in [0.1, 0.15) is 22.5 Å². The average molecular weight is 288 g/mol. The van der Waals surface area contributed by atoms with Crippen LogP contribution >= 0.6 is 0 Å². The fourth-order valence-electron chi connectivity index (χ4n) is 2.32. The number of aryl methyl sites for hydroxylation is 1. The molecule has 2 aromatic heterocycles. The van der Waals surface area contributed by atoms with Crippen LogP contribution in [0.2, 0.25) is 0 Å². The van der Waals surface area contributed by atoms with E-state index < -0.39 is 0 Å². The van der Waals surface area contributed by atoms with Crippen molar-refractivity contribution in [1.29, 1.82) is 0 Å². The molecule has 1 aliphatic rings. The van der Waals surface area contributed by atoms with Crippen molar-refractivity contribution in [3.05, 3.63) is 46.3 Å². The van der Waals surface area contributed by atoms with Crippen molar-refractivity contribution in [2.75, 3.05) is 13.1 Å². The molecular formula is C14H16N4O3. The number of hydrogen-bond donors (Lipinski definition) is 2. The summed E-state index contributed by atoms with van der Waals surface area (Å²) in [6.45, 7) is 3.05. The van der Waals surface area contributed by atoms with E-state index in [0.717, 1.165) is 12.0 Å². The van der Waals surface area contributed by atoms with Gasteiger partial charge in [0.25, 0.3) is 5.91 Å². The first-order valence-corrected chi connectivity index (χ1v) is 6.78. The molecule has 0 spiro atoms. The fraction of sp³-hybridized carbons (Fsp3) is 0.357. The van der Waals surface area contributed by atoms with Crippen LogP contribution in [0, 0.1) is 6.92 Å². The van der Waals surface area contributed by atoms with Crippen molar-refractivity contribution < 1.29 is 9.53 Å². The smallest absolute Gasteiger partial charge is 0.323 e. The molecule has 110 valence electrons. The minimum atomic E-state index is -0.380. The van der Waals surface area contributed by atoms with E-state index in [1.165, 1.54) is 6.20 Å². The van der Waals surface area contributed by atoms with Crippen molar-refractivity contribution >= 4 is 5.91 Å². The van der Waals surface area contributed by atoms with Crippen molar-refractivity contribution in [1.82, 2.24) is 19.9 Å². The zero-order valence-corrected chi connectivity index (χ0v) is 11.6. The first kappa shape index (κ1) is 13.4. The van der Waals surface area contributed by atoms with Gasteiger partial charge in [-0.05, 0) is 12.5 Å². The zero-order valence-electron chi connectivity index (χ0n) is 11.6. The van der Waals surface area contributed by atoms with E-state index in [0.29, 0.717) is 19.0 Å². The lowest BCUT2D eigenvalue weighted by molar-refractivity contribution is 0.0766. The molecule has 3 rings (SSSR count). The number of amides is 1. The molecule has 7 heteroatoms. The van der Waals surface area contributed by atoms with Crippen molar-refractivity contribution in [3.63, 3.8) is 0 Å². The van der Waals surface area contributed by atoms with Crippen molar-refractivity contribution in [2.24, 2.45) is 0 Å². The Morgan fingerprint density at radius 3 is 3.00 bits per heavy atom. The van der Waals surface area contributed by atoms with Gasteiger partial charge in [-0.25, -0.2) is 9.78 Å². The van der Waals surface area contributed by atoms with Crippen LogP contribution in [0.3, 0.4) is 0 Å². The maximum atomic E-state index is 12.2. The van der Waals surface area contributed by atoms with Gasteiger partial charge < -0.3 is 19.6 Å². The van der Waals surface area contributed by atoms with Crippen molar-refractivity contribution in [2.45, 2.75) is 19.4 Å². The van der Waals surface area contributed by atoms with Gasteiger partial charge in [0.2, 0.25) is 5.88 Å². The summed E-state index contributed by atoms with van der Waals surface area (Å²) in [5.41, 5.74) is 0.963. The summed E-state index contributed by atoms with van der Waals surface area (Å²) in [5.74, 6) is 0.367. The van der Waals surface area contributed by atoms with Crippen LogP contribution in [-0.4, -0.2) is 45.0 Å². The van der Waals surface area contributed by atoms with E-state index in [4.69, 9.17) is 4.74 Å². The lowest BCUT2D eigenvalue weighted by Gasteiger charge is -2.16. The minimum absolute atomic E-state index is 0.0742. The standard InChI is InChI=1S/C14H16N4O3/c1-9-2-3-12(15-6-9)21-10-4-5-18(8-10)13(19)11-7-16-14(20)17-11/h2-3,6-7,10H,4-5,8H2,1H3,(H2,16,17,20). The van der Waals surface area contributed by atoms with E-state index in [1.54, 1.807) is 11.1 Å². The van der Waals surface area contributed by atoms with Gasteiger partial charge in [0.1, 0.15) is 11.8 Å². The molecule has 7 nitrogen and oxygen atoms in total. The van der Waals surface area contributed by atoms with E-state index in [9.17, 15) is 9.59 Å². The number of carbonyl (C=O) groups excluding carboxylic acids is 1. The molecule has 0 aromatic carbocycles. The maximum absolute atomic E-state index is 12.2. The Bertz CT molecular complexity index is 689. The number of pyridine rings is 1. The molecule has 2 aromatic rings. The summed E-state index contributed by atoms with van der Waals surface area (Å²) in [6.07, 6.45) is 3.81. The van der Waals surface area contributed by atoms with Crippen LogP contribution in [0.5, 0.6) is 5.88 Å². The Labute approximate surface area is 121 Å². The normalized spacial score (nSPS) is 18.0. The summed E-state index contributed by atoms with van der Waals surface area (Å²) in [5, 5.41) is 0. The summed E-state index contributed by atoms with van der Waals surface area (Å²) >= 11 is 0. The van der Waals surface area contributed by atoms with Gasteiger partial charge in [-0.3, -0.25) is 4.79 Å². The minimum Gasteiger partial charge on any atom is -0.472 e. The number of nitrogens with one attached hydrogen (secondary N) is 2. The summed E-state index contributed by atoms with van der Waals surface area (Å²) in [4.78, 5) is 34.0. The number of hydrogen-bond acceptors (Lipinski definition) is 4. The summed E-state index contributed by atoms with van der Waals surface area (Å²) < 4.78 is 5.77. The lowest BCUT2D eigenvalue weighted by atomic mass is 10.3. The van der Waals surface area contributed by atoms with Crippen LogP contribution in [0.4, 0.5) is 0 Å². The van der Waals surface area contributed by atoms with Gasteiger partial charge in [-0.1, -0.05) is 6.07 Å². The second-order valence-electron chi connectivity index (χ2n) is 5.11. The van der Waals surface area contributed by atoms with Gasteiger partial charge in [0.15, 0.2) is 0 Å². The third kappa shape index (κ3) is 2.96. The fourth-order valence-corrected chi connectivity index (χ4v) is 2.32. The zero-order chi connectivity index (χ0) is 14.8. The number of aromatic nitrogens is 3. The number of aromatic amines is 2. The Morgan fingerprint density at radius 2 is 2.33 bits per heavy atom. The highest BCUT2D eigenvalue weighted by atomic mass is 16.5. The Hall–Kier alpha value is -2.57. The van der Waals surface area contributed by atoms with Gasteiger partial charge in [-0.2, -0.15) is 0 Å². The predicted octanol–water partition coefficient (Wildman–Crippen LogP) is 0.700. The van der Waals surface area contributed by atoms with Gasteiger partial charge in [-0.15, -0.1) is 0 Å².